The highest BCUT2D eigenvalue weighted by Gasteiger charge is 2.17. The number of carbonyl (C=O) groups is 2. The molecule has 0 aromatic rings. The second-order valence-corrected chi connectivity index (χ2v) is 2.63. The van der Waals surface area contributed by atoms with Crippen molar-refractivity contribution in [3.8, 4) is 12.3 Å². The Labute approximate surface area is 77.3 Å². The van der Waals surface area contributed by atoms with Crippen LogP contribution in [0, 0.1) is 12.3 Å². The summed E-state index contributed by atoms with van der Waals surface area (Å²) in [5.41, 5.74) is 0. The summed E-state index contributed by atoms with van der Waals surface area (Å²) < 4.78 is 0. The van der Waals surface area contributed by atoms with Gasteiger partial charge in [0.05, 0.1) is 6.42 Å². The van der Waals surface area contributed by atoms with Crippen molar-refractivity contribution in [3.63, 3.8) is 0 Å². The average molecular weight is 183 g/mol. The number of terminal acetylenes is 1. The molecule has 1 amide bonds. The Morgan fingerprint density at radius 3 is 2.62 bits per heavy atom. The number of carboxylic acids is 1. The van der Waals surface area contributed by atoms with E-state index in [0.717, 1.165) is 0 Å². The fraction of sp³-hybridized carbons (Fsp3) is 0.556. The van der Waals surface area contributed by atoms with Crippen LogP contribution in [0.1, 0.15) is 26.2 Å². The molecule has 1 atom stereocenters. The molecule has 0 aromatic carbocycles. The zero-order valence-corrected chi connectivity index (χ0v) is 7.54. The van der Waals surface area contributed by atoms with Crippen molar-refractivity contribution in [2.45, 2.75) is 32.2 Å². The molecule has 0 aliphatic heterocycles. The molecule has 0 radical (unpaired) electrons. The number of aliphatic carboxylic acids is 1. The highest BCUT2D eigenvalue weighted by Crippen LogP contribution is 1.97. The van der Waals surface area contributed by atoms with Gasteiger partial charge in [-0.2, -0.15) is 0 Å². The van der Waals surface area contributed by atoms with Crippen molar-refractivity contribution < 1.29 is 14.7 Å². The summed E-state index contributed by atoms with van der Waals surface area (Å²) in [6, 6.07) is -0.814. The molecule has 0 bridgehead atoms. The lowest BCUT2D eigenvalue weighted by Crippen LogP contribution is -2.40. The van der Waals surface area contributed by atoms with Gasteiger partial charge >= 0.3 is 5.97 Å². The molecule has 0 spiro atoms. The lowest BCUT2D eigenvalue weighted by molar-refractivity contribution is -0.141. The second-order valence-electron chi connectivity index (χ2n) is 2.63. The van der Waals surface area contributed by atoms with Gasteiger partial charge in [-0.25, -0.2) is 4.79 Å². The molecule has 0 rings (SSSR count). The van der Waals surface area contributed by atoms with E-state index in [1.807, 2.05) is 6.92 Å². The topological polar surface area (TPSA) is 66.4 Å². The third kappa shape index (κ3) is 4.86. The van der Waals surface area contributed by atoms with Gasteiger partial charge in [-0.1, -0.05) is 19.3 Å². The first-order valence-corrected chi connectivity index (χ1v) is 4.07. The van der Waals surface area contributed by atoms with Crippen molar-refractivity contribution >= 4 is 11.9 Å². The minimum absolute atomic E-state index is 0.0759. The predicted octanol–water partition coefficient (Wildman–Crippen LogP) is 0.379. The summed E-state index contributed by atoms with van der Waals surface area (Å²) in [7, 11) is 0. The van der Waals surface area contributed by atoms with E-state index in [9.17, 15) is 9.59 Å². The van der Waals surface area contributed by atoms with Crippen molar-refractivity contribution in [2.24, 2.45) is 0 Å². The molecular formula is C9H13NO3. The highest BCUT2D eigenvalue weighted by atomic mass is 16.4. The van der Waals surface area contributed by atoms with Crippen LogP contribution in [0.5, 0.6) is 0 Å². The van der Waals surface area contributed by atoms with Crippen molar-refractivity contribution in [1.82, 2.24) is 5.32 Å². The first-order valence-electron chi connectivity index (χ1n) is 4.07. The zero-order chi connectivity index (χ0) is 10.3. The minimum Gasteiger partial charge on any atom is -0.480 e. The van der Waals surface area contributed by atoms with E-state index in [-0.39, 0.29) is 6.42 Å². The molecular weight excluding hydrogens is 170 g/mol. The minimum atomic E-state index is -1.02. The summed E-state index contributed by atoms with van der Waals surface area (Å²) in [6.45, 7) is 1.85. The molecule has 2 N–H and O–H groups in total. The number of carbonyl (C=O) groups excluding carboxylic acids is 1. The molecule has 4 nitrogen and oxygen atoms in total. The van der Waals surface area contributed by atoms with Gasteiger partial charge in [0.25, 0.3) is 0 Å². The molecule has 0 saturated heterocycles. The number of hydrogen-bond donors (Lipinski definition) is 2. The van der Waals surface area contributed by atoms with Crippen LogP contribution in [0.25, 0.3) is 0 Å². The van der Waals surface area contributed by atoms with Gasteiger partial charge in [0, 0.05) is 0 Å². The second kappa shape index (κ2) is 6.06. The molecule has 0 aliphatic rings. The summed E-state index contributed by atoms with van der Waals surface area (Å²) >= 11 is 0. The standard InChI is InChI=1S/C9H13NO3/c1-3-5-7(9(12)13)10-8(11)6-4-2/h2,7H,3,5-6H2,1H3,(H,10,11)(H,12,13)/t7-/m1/s1. The molecule has 0 aliphatic carbocycles. The first kappa shape index (κ1) is 11.5. The molecule has 13 heavy (non-hydrogen) atoms. The Kier molecular flexibility index (Phi) is 5.37. The maximum Gasteiger partial charge on any atom is 0.326 e. The van der Waals surface area contributed by atoms with Gasteiger partial charge in [-0.15, -0.1) is 6.42 Å². The maximum absolute atomic E-state index is 10.9. The Balaban J connectivity index is 4.03. The van der Waals surface area contributed by atoms with Crippen molar-refractivity contribution in [1.29, 1.82) is 0 Å². The van der Waals surface area contributed by atoms with E-state index in [1.54, 1.807) is 0 Å². The summed E-state index contributed by atoms with van der Waals surface area (Å²) in [6.07, 6.45) is 5.95. The van der Waals surface area contributed by atoms with Crippen LogP contribution >= 0.6 is 0 Å². The summed E-state index contributed by atoms with van der Waals surface area (Å²) in [5.74, 6) is 0.714. The van der Waals surface area contributed by atoms with Crippen LogP contribution in [0.4, 0.5) is 0 Å². The van der Waals surface area contributed by atoms with E-state index >= 15 is 0 Å². The zero-order valence-electron chi connectivity index (χ0n) is 7.54. The average Bonchev–Trinajstić information content (AvgIpc) is 2.04. The normalized spacial score (nSPS) is 11.4. The van der Waals surface area contributed by atoms with Crippen LogP contribution in [0.3, 0.4) is 0 Å². The van der Waals surface area contributed by atoms with Gasteiger partial charge < -0.3 is 10.4 Å². The van der Waals surface area contributed by atoms with Gasteiger partial charge in [0.2, 0.25) is 5.91 Å². The van der Waals surface area contributed by atoms with Crippen LogP contribution in [0.2, 0.25) is 0 Å². The van der Waals surface area contributed by atoms with Gasteiger partial charge in [-0.3, -0.25) is 4.79 Å². The largest absolute Gasteiger partial charge is 0.480 e. The van der Waals surface area contributed by atoms with Crippen LogP contribution in [0.15, 0.2) is 0 Å². The van der Waals surface area contributed by atoms with Crippen LogP contribution in [-0.2, 0) is 9.59 Å². The number of carboxylic acid groups (broad SMARTS) is 1. The molecule has 0 saturated carbocycles. The maximum atomic E-state index is 10.9. The fourth-order valence-corrected chi connectivity index (χ4v) is 0.884. The fourth-order valence-electron chi connectivity index (χ4n) is 0.884. The van der Waals surface area contributed by atoms with E-state index in [0.29, 0.717) is 12.8 Å². The van der Waals surface area contributed by atoms with E-state index in [2.05, 4.69) is 11.2 Å². The number of amides is 1. The quantitative estimate of drug-likeness (QED) is 0.605. The Bertz CT molecular complexity index is 230. The van der Waals surface area contributed by atoms with Crippen LogP contribution in [-0.4, -0.2) is 23.0 Å². The Morgan fingerprint density at radius 1 is 1.62 bits per heavy atom. The highest BCUT2D eigenvalue weighted by molar-refractivity contribution is 5.84. The van der Waals surface area contributed by atoms with E-state index < -0.39 is 17.9 Å². The SMILES string of the molecule is C#CCC(=O)N[C@H](CCC)C(=O)O. The van der Waals surface area contributed by atoms with E-state index in [4.69, 9.17) is 11.5 Å². The summed E-state index contributed by atoms with van der Waals surface area (Å²) in [5, 5.41) is 11.0. The number of nitrogens with one attached hydrogen (secondary N) is 1. The van der Waals surface area contributed by atoms with Crippen molar-refractivity contribution in [3.05, 3.63) is 0 Å². The third-order valence-electron chi connectivity index (χ3n) is 1.47. The molecule has 72 valence electrons. The lowest BCUT2D eigenvalue weighted by Gasteiger charge is -2.11. The molecule has 0 unspecified atom stereocenters. The number of rotatable bonds is 5. The lowest BCUT2D eigenvalue weighted by atomic mass is 10.1. The molecule has 0 fully saturated rings. The van der Waals surface area contributed by atoms with E-state index in [1.165, 1.54) is 0 Å². The van der Waals surface area contributed by atoms with Gasteiger partial charge in [0.1, 0.15) is 6.04 Å². The molecule has 4 heteroatoms. The molecule has 0 aromatic heterocycles. The Hall–Kier alpha value is -1.50. The van der Waals surface area contributed by atoms with Crippen LogP contribution < -0.4 is 5.32 Å². The Morgan fingerprint density at radius 2 is 2.23 bits per heavy atom. The predicted molar refractivity (Wildman–Crippen MR) is 47.9 cm³/mol. The smallest absolute Gasteiger partial charge is 0.326 e. The van der Waals surface area contributed by atoms with Gasteiger partial charge in [-0.05, 0) is 6.42 Å². The summed E-state index contributed by atoms with van der Waals surface area (Å²) in [4.78, 5) is 21.5. The van der Waals surface area contributed by atoms with Gasteiger partial charge in [0.15, 0.2) is 0 Å². The van der Waals surface area contributed by atoms with Crippen molar-refractivity contribution in [2.75, 3.05) is 0 Å². The third-order valence-corrected chi connectivity index (χ3v) is 1.47. The molecule has 0 heterocycles. The monoisotopic (exact) mass is 183 g/mol. The number of hydrogen-bond acceptors (Lipinski definition) is 2. The first-order chi connectivity index (χ1) is 6.11.